The molecule has 0 atom stereocenters. The smallest absolute Gasteiger partial charge is 0.265 e. The number of carbonyl (C=O) groups excluding carboxylic acids is 1. The Labute approximate surface area is 142 Å². The van der Waals surface area contributed by atoms with Crippen molar-refractivity contribution in [3.63, 3.8) is 0 Å². The number of aromatic nitrogens is 1. The van der Waals surface area contributed by atoms with Crippen LogP contribution >= 0.6 is 11.3 Å². The first kappa shape index (κ1) is 15.0. The number of para-hydroxylation sites is 2. The highest BCUT2D eigenvalue weighted by Crippen LogP contribution is 2.39. The van der Waals surface area contributed by atoms with E-state index in [2.05, 4.69) is 10.3 Å². The van der Waals surface area contributed by atoms with Crippen LogP contribution in [-0.2, 0) is 6.42 Å². The van der Waals surface area contributed by atoms with Gasteiger partial charge in [-0.3, -0.25) is 4.79 Å². The van der Waals surface area contributed by atoms with Crippen LogP contribution in [0.15, 0.2) is 34.1 Å². The van der Waals surface area contributed by atoms with Gasteiger partial charge in [-0.25, -0.2) is 4.98 Å². The fourth-order valence-electron chi connectivity index (χ4n) is 2.57. The second kappa shape index (κ2) is 6.52. The summed E-state index contributed by atoms with van der Waals surface area (Å²) in [5, 5.41) is 4.71. The van der Waals surface area contributed by atoms with E-state index in [1.54, 1.807) is 0 Å². The number of hydrogen-bond donors (Lipinski definition) is 1. The number of ether oxygens (including phenoxy) is 2. The van der Waals surface area contributed by atoms with Gasteiger partial charge >= 0.3 is 0 Å². The molecule has 0 radical (unpaired) electrons. The Morgan fingerprint density at radius 1 is 1.25 bits per heavy atom. The zero-order valence-corrected chi connectivity index (χ0v) is 13.7. The number of benzene rings is 1. The van der Waals surface area contributed by atoms with E-state index in [1.165, 1.54) is 11.3 Å². The first-order valence-electron chi connectivity index (χ1n) is 7.81. The van der Waals surface area contributed by atoms with E-state index in [0.29, 0.717) is 48.4 Å². The van der Waals surface area contributed by atoms with E-state index in [4.69, 9.17) is 13.9 Å². The average molecular weight is 344 g/mol. The summed E-state index contributed by atoms with van der Waals surface area (Å²) in [5.74, 6) is 1.77. The van der Waals surface area contributed by atoms with Crippen LogP contribution in [0, 0.1) is 0 Å². The Kier molecular flexibility index (Phi) is 4.08. The third-order valence-corrected chi connectivity index (χ3v) is 4.64. The van der Waals surface area contributed by atoms with Crippen molar-refractivity contribution in [3.8, 4) is 11.5 Å². The van der Waals surface area contributed by atoms with Crippen molar-refractivity contribution in [2.75, 3.05) is 19.8 Å². The molecule has 1 aromatic carbocycles. The molecule has 124 valence electrons. The molecule has 6 nitrogen and oxygen atoms in total. The molecule has 7 heteroatoms. The molecule has 0 bridgehead atoms. The monoisotopic (exact) mass is 344 g/mol. The highest BCUT2D eigenvalue weighted by molar-refractivity contribution is 7.12. The van der Waals surface area contributed by atoms with Gasteiger partial charge in [-0.05, 0) is 18.6 Å². The van der Waals surface area contributed by atoms with E-state index in [0.717, 1.165) is 17.5 Å². The number of hydrogen-bond acceptors (Lipinski definition) is 6. The number of aryl methyl sites for hydroxylation is 1. The van der Waals surface area contributed by atoms with Crippen LogP contribution in [0.5, 0.6) is 11.5 Å². The first-order valence-corrected chi connectivity index (χ1v) is 8.69. The molecule has 1 aliphatic heterocycles. The number of carbonyl (C=O) groups is 1. The Hall–Kier alpha value is -2.54. The summed E-state index contributed by atoms with van der Waals surface area (Å²) < 4.78 is 16.6. The number of rotatable bonds is 5. The summed E-state index contributed by atoms with van der Waals surface area (Å²) >= 11 is 1.34. The lowest BCUT2D eigenvalue weighted by Crippen LogP contribution is -2.25. The third-order valence-electron chi connectivity index (χ3n) is 3.70. The minimum Gasteiger partial charge on any atom is -0.485 e. The van der Waals surface area contributed by atoms with Gasteiger partial charge in [0.25, 0.3) is 5.91 Å². The van der Waals surface area contributed by atoms with Crippen molar-refractivity contribution in [3.05, 3.63) is 40.4 Å². The summed E-state index contributed by atoms with van der Waals surface area (Å²) in [7, 11) is 0. The highest BCUT2D eigenvalue weighted by Gasteiger charge is 2.23. The van der Waals surface area contributed by atoms with Gasteiger partial charge in [-0.1, -0.05) is 12.1 Å². The third kappa shape index (κ3) is 2.94. The van der Waals surface area contributed by atoms with Crippen LogP contribution in [0.4, 0.5) is 0 Å². The van der Waals surface area contributed by atoms with Gasteiger partial charge in [0.05, 0.1) is 0 Å². The second-order valence-electron chi connectivity index (χ2n) is 5.39. The van der Waals surface area contributed by atoms with Crippen LogP contribution in [0.1, 0.15) is 22.0 Å². The lowest BCUT2D eigenvalue weighted by atomic mass is 10.3. The normalized spacial score (nSPS) is 13.2. The highest BCUT2D eigenvalue weighted by atomic mass is 32.1. The summed E-state index contributed by atoms with van der Waals surface area (Å²) in [6.45, 7) is 1.54. The number of nitrogens with one attached hydrogen (secondary N) is 1. The van der Waals surface area contributed by atoms with Gasteiger partial charge in [-0.2, -0.15) is 0 Å². The van der Waals surface area contributed by atoms with Gasteiger partial charge in [0.15, 0.2) is 23.0 Å². The summed E-state index contributed by atoms with van der Waals surface area (Å²) in [4.78, 5) is 17.2. The lowest BCUT2D eigenvalue weighted by molar-refractivity contribution is 0.0948. The van der Waals surface area contributed by atoms with Crippen molar-refractivity contribution >= 4 is 28.3 Å². The molecule has 0 saturated heterocycles. The van der Waals surface area contributed by atoms with E-state index in [9.17, 15) is 4.79 Å². The predicted octanol–water partition coefficient (Wildman–Crippen LogP) is 3.02. The number of nitrogens with zero attached hydrogens (tertiary/aromatic N) is 1. The lowest BCUT2D eigenvalue weighted by Gasteiger charge is -2.15. The molecular formula is C17H16N2O4S. The van der Waals surface area contributed by atoms with E-state index in [-0.39, 0.29) is 5.91 Å². The molecule has 1 aliphatic rings. The van der Waals surface area contributed by atoms with Crippen LogP contribution in [0.2, 0.25) is 0 Å². The topological polar surface area (TPSA) is 73.6 Å². The molecule has 0 unspecified atom stereocenters. The largest absolute Gasteiger partial charge is 0.485 e. The Balaban J connectivity index is 1.31. The maximum atomic E-state index is 12.3. The number of amides is 1. The molecule has 4 rings (SSSR count). The maximum absolute atomic E-state index is 12.3. The molecule has 0 saturated carbocycles. The van der Waals surface area contributed by atoms with Crippen molar-refractivity contribution in [1.82, 2.24) is 10.3 Å². The summed E-state index contributed by atoms with van der Waals surface area (Å²) in [6, 6.07) is 7.68. The predicted molar refractivity (Wildman–Crippen MR) is 90.0 cm³/mol. The van der Waals surface area contributed by atoms with Gasteiger partial charge in [0.2, 0.25) is 0 Å². The SMILES string of the molecule is O=C(NCCCc1nc2ccccc2o1)c1scc2c1OCCO2. The van der Waals surface area contributed by atoms with Crippen LogP contribution in [-0.4, -0.2) is 30.6 Å². The van der Waals surface area contributed by atoms with Crippen molar-refractivity contribution in [2.24, 2.45) is 0 Å². The number of thiophene rings is 1. The van der Waals surface area contributed by atoms with E-state index in [1.807, 2.05) is 29.6 Å². The molecule has 0 spiro atoms. The second-order valence-corrected chi connectivity index (χ2v) is 6.27. The molecule has 0 fully saturated rings. The zero-order valence-electron chi connectivity index (χ0n) is 12.9. The van der Waals surface area contributed by atoms with Gasteiger partial charge in [0, 0.05) is 18.3 Å². The van der Waals surface area contributed by atoms with E-state index >= 15 is 0 Å². The van der Waals surface area contributed by atoms with E-state index < -0.39 is 0 Å². The van der Waals surface area contributed by atoms with Crippen molar-refractivity contribution in [2.45, 2.75) is 12.8 Å². The maximum Gasteiger partial charge on any atom is 0.265 e. The van der Waals surface area contributed by atoms with Crippen LogP contribution in [0.25, 0.3) is 11.1 Å². The average Bonchev–Trinajstić information content (AvgIpc) is 3.22. The quantitative estimate of drug-likeness (QED) is 0.720. The first-order chi connectivity index (χ1) is 11.8. The van der Waals surface area contributed by atoms with Gasteiger partial charge in [0.1, 0.15) is 23.6 Å². The molecule has 2 aromatic heterocycles. The molecule has 1 N–H and O–H groups in total. The Morgan fingerprint density at radius 3 is 3.04 bits per heavy atom. The summed E-state index contributed by atoms with van der Waals surface area (Å²) in [6.07, 6.45) is 1.43. The number of fused-ring (bicyclic) bond motifs is 2. The number of oxazole rings is 1. The zero-order chi connectivity index (χ0) is 16.4. The van der Waals surface area contributed by atoms with Crippen molar-refractivity contribution < 1.29 is 18.7 Å². The molecule has 24 heavy (non-hydrogen) atoms. The van der Waals surface area contributed by atoms with Crippen LogP contribution < -0.4 is 14.8 Å². The van der Waals surface area contributed by atoms with Crippen LogP contribution in [0.3, 0.4) is 0 Å². The minimum atomic E-state index is -0.135. The Morgan fingerprint density at radius 2 is 2.12 bits per heavy atom. The molecule has 1 amide bonds. The Bertz CT molecular complexity index is 837. The molecule has 3 heterocycles. The van der Waals surface area contributed by atoms with Gasteiger partial charge in [-0.15, -0.1) is 11.3 Å². The fourth-order valence-corrected chi connectivity index (χ4v) is 3.41. The van der Waals surface area contributed by atoms with Crippen molar-refractivity contribution in [1.29, 1.82) is 0 Å². The summed E-state index contributed by atoms with van der Waals surface area (Å²) in [5.41, 5.74) is 1.65. The fraction of sp³-hybridized carbons (Fsp3) is 0.294. The standard InChI is InChI=1S/C17H16N2O4S/c20-17(16-15-13(10-24-16)21-8-9-22-15)18-7-3-6-14-19-11-4-1-2-5-12(11)23-14/h1-2,4-5,10H,3,6-9H2,(H,18,20). The minimum absolute atomic E-state index is 0.135. The molecule has 0 aliphatic carbocycles. The van der Waals surface area contributed by atoms with Gasteiger partial charge < -0.3 is 19.2 Å². The molecule has 3 aromatic rings. The molecular weight excluding hydrogens is 328 g/mol.